The zero-order chi connectivity index (χ0) is 45.1. The molecule has 0 aliphatic rings. The summed E-state index contributed by atoms with van der Waals surface area (Å²) < 4.78 is 37.2. The van der Waals surface area contributed by atoms with Crippen molar-refractivity contribution in [3.63, 3.8) is 0 Å². The largest absolute Gasteiger partial charge is 0.494 e. The average Bonchev–Trinajstić information content (AvgIpc) is 4.14. The van der Waals surface area contributed by atoms with E-state index in [1.54, 1.807) is 33.5 Å². The molecule has 0 aromatic carbocycles. The number of aromatic amines is 4. The van der Waals surface area contributed by atoms with Crippen molar-refractivity contribution in [2.75, 3.05) is 49.3 Å². The number of halogens is 2. The van der Waals surface area contributed by atoms with E-state index in [0.717, 1.165) is 36.6 Å². The van der Waals surface area contributed by atoms with Gasteiger partial charge in [-0.1, -0.05) is 0 Å². The number of aromatic nitrogens is 8. The normalized spacial score (nSPS) is 10.4. The first kappa shape index (κ1) is 45.9. The van der Waals surface area contributed by atoms with Crippen LogP contribution in [0.15, 0.2) is 70.8 Å². The summed E-state index contributed by atoms with van der Waals surface area (Å²) in [5.74, 6) is -1.64. The van der Waals surface area contributed by atoms with Gasteiger partial charge in [0.05, 0.1) is 95.3 Å². The number of H-pyrrole nitrogens is 4. The molecule has 0 saturated carbocycles. The van der Waals surface area contributed by atoms with Gasteiger partial charge < -0.3 is 58.2 Å². The topological polar surface area (TPSA) is 268 Å². The first-order valence-corrected chi connectivity index (χ1v) is 19.4. The summed E-state index contributed by atoms with van der Waals surface area (Å²) in [5.41, 5.74) is 2.97. The quantitative estimate of drug-likeness (QED) is 0.0384. The molecular weight excluding hydrogens is 944 g/mol. The van der Waals surface area contributed by atoms with Gasteiger partial charge in [-0.3, -0.25) is 9.59 Å². The number of nitrogens with zero attached hydrogens (tertiary/aromatic N) is 4. The van der Waals surface area contributed by atoms with Crippen molar-refractivity contribution < 1.29 is 57.4 Å². The third kappa shape index (κ3) is 9.55. The summed E-state index contributed by atoms with van der Waals surface area (Å²) in [6, 6.07) is 3.93. The van der Waals surface area contributed by atoms with Crippen molar-refractivity contribution in [1.82, 2.24) is 39.9 Å². The third-order valence-corrected chi connectivity index (χ3v) is 9.92. The summed E-state index contributed by atoms with van der Waals surface area (Å²) in [5, 5.41) is 11.7. The molecule has 0 radical (unpaired) electrons. The molecule has 8 heterocycles. The number of fused-ring (bicyclic) bond motifs is 4. The highest BCUT2D eigenvalue weighted by molar-refractivity contribution is 9.11. The fourth-order valence-corrected chi connectivity index (χ4v) is 6.76. The predicted octanol–water partition coefficient (Wildman–Crippen LogP) is 6.84. The number of carboxylic acids is 1. The van der Waals surface area contributed by atoms with Crippen molar-refractivity contribution in [3.05, 3.63) is 81.9 Å². The number of esters is 1. The molecule has 0 aliphatic carbocycles. The van der Waals surface area contributed by atoms with Crippen molar-refractivity contribution in [2.24, 2.45) is 0 Å². The third-order valence-electron chi connectivity index (χ3n) is 8.69. The number of nitrogens with one attached hydrogen (secondary N) is 4. The van der Waals surface area contributed by atoms with Crippen LogP contribution in [-0.4, -0.2) is 118 Å². The highest BCUT2D eigenvalue weighted by Gasteiger charge is 2.26. The minimum Gasteiger partial charge on any atom is -0.494 e. The Morgan fingerprint density at radius 1 is 0.581 bits per heavy atom. The molecule has 0 bridgehead atoms. The standard InChI is InChI=1S/C13H14N2O5.C11H10N2O5.C9H10N2O2.C7H4Br2N2/c1-4-20-13(17)11(16)7-5-14-10-9(7)8(18-2)6-15-12(10)19-3;1-17-6-4-13-10(18-2)8-7(6)5(3-12-8)9(14)11(15)16;1-12-7-5-11-9(13-2)8-6(7)3-4-10-8;8-5-3-11-7(9)6-4(5)1-2-10-6/h5-6,14H,4H2,1-3H3;3-4,12H,1-2H3,(H,15,16);3-5,10H,1-2H3;1-3,10H. The van der Waals surface area contributed by atoms with Gasteiger partial charge in [0, 0.05) is 46.2 Å². The summed E-state index contributed by atoms with van der Waals surface area (Å²) in [6.07, 6.45) is 12.7. The van der Waals surface area contributed by atoms with Crippen LogP contribution in [0.1, 0.15) is 27.6 Å². The lowest BCUT2D eigenvalue weighted by Gasteiger charge is -2.06. The number of ketones is 2. The number of aliphatic carboxylic acids is 1. The number of Topliss-reactive ketones (excluding diaryl/α,β-unsaturated/α-hetero) is 2. The van der Waals surface area contributed by atoms with E-state index in [1.807, 2.05) is 24.5 Å². The summed E-state index contributed by atoms with van der Waals surface area (Å²) in [7, 11) is 8.96. The Morgan fingerprint density at radius 2 is 1.05 bits per heavy atom. The highest BCUT2D eigenvalue weighted by Crippen LogP contribution is 2.35. The van der Waals surface area contributed by atoms with E-state index < -0.39 is 23.5 Å². The minimum atomic E-state index is -1.53. The molecule has 8 aromatic rings. The van der Waals surface area contributed by atoms with E-state index in [4.69, 9.17) is 38.3 Å². The summed E-state index contributed by atoms with van der Waals surface area (Å²) in [6.45, 7) is 1.77. The van der Waals surface area contributed by atoms with E-state index in [-0.39, 0.29) is 23.6 Å². The van der Waals surface area contributed by atoms with Crippen LogP contribution >= 0.6 is 31.9 Å². The summed E-state index contributed by atoms with van der Waals surface area (Å²) >= 11 is 6.75. The molecule has 5 N–H and O–H groups in total. The molecule has 324 valence electrons. The van der Waals surface area contributed by atoms with Crippen LogP contribution in [0, 0.1) is 0 Å². The van der Waals surface area contributed by atoms with Gasteiger partial charge in [-0.25, -0.2) is 29.5 Å². The Bertz CT molecular complexity index is 2810. The molecule has 8 aromatic heterocycles. The minimum absolute atomic E-state index is 0.00931. The van der Waals surface area contributed by atoms with Gasteiger partial charge >= 0.3 is 11.9 Å². The molecule has 0 spiro atoms. The fraction of sp³-hybridized carbons (Fsp3) is 0.200. The van der Waals surface area contributed by atoms with E-state index in [1.165, 1.54) is 53.2 Å². The number of carbonyl (C=O) groups is 4. The Balaban J connectivity index is 0.000000160. The molecule has 62 heavy (non-hydrogen) atoms. The first-order valence-electron chi connectivity index (χ1n) is 17.9. The maximum atomic E-state index is 12.1. The summed E-state index contributed by atoms with van der Waals surface area (Å²) in [4.78, 5) is 73.9. The maximum absolute atomic E-state index is 12.1. The van der Waals surface area contributed by atoms with Crippen LogP contribution in [0.5, 0.6) is 34.9 Å². The molecule has 0 unspecified atom stereocenters. The van der Waals surface area contributed by atoms with E-state index in [0.29, 0.717) is 45.1 Å². The van der Waals surface area contributed by atoms with Crippen molar-refractivity contribution >= 4 is 99.0 Å². The van der Waals surface area contributed by atoms with Gasteiger partial charge in [0.1, 0.15) is 38.4 Å². The van der Waals surface area contributed by atoms with Gasteiger partial charge in [0.2, 0.25) is 17.6 Å². The van der Waals surface area contributed by atoms with Gasteiger partial charge in [-0.2, -0.15) is 0 Å². The Kier molecular flexibility index (Phi) is 15.4. The lowest BCUT2D eigenvalue weighted by molar-refractivity contribution is -0.137. The number of rotatable bonds is 11. The second-order valence-corrected chi connectivity index (χ2v) is 13.6. The number of hydrogen-bond donors (Lipinski definition) is 5. The number of methoxy groups -OCH3 is 6. The van der Waals surface area contributed by atoms with E-state index in [9.17, 15) is 19.2 Å². The number of carboxylic acid groups (broad SMARTS) is 1. The Hall–Kier alpha value is -7.20. The molecule has 0 aliphatic heterocycles. The molecule has 0 fully saturated rings. The van der Waals surface area contributed by atoms with Gasteiger partial charge in [0.25, 0.3) is 11.6 Å². The van der Waals surface area contributed by atoms with Gasteiger partial charge in [-0.05, 0) is 50.9 Å². The molecule has 8 rings (SSSR count). The number of ether oxygens (including phenoxy) is 7. The van der Waals surface area contributed by atoms with E-state index in [2.05, 4.69) is 71.7 Å². The predicted molar refractivity (Wildman–Crippen MR) is 232 cm³/mol. The maximum Gasteiger partial charge on any atom is 0.379 e. The van der Waals surface area contributed by atoms with Crippen molar-refractivity contribution in [2.45, 2.75) is 6.92 Å². The fourth-order valence-electron chi connectivity index (χ4n) is 5.89. The first-order chi connectivity index (χ1) is 29.9. The molecule has 22 heteroatoms. The van der Waals surface area contributed by atoms with Crippen LogP contribution in [-0.2, 0) is 14.3 Å². The van der Waals surface area contributed by atoms with Crippen LogP contribution in [0.4, 0.5) is 0 Å². The second kappa shape index (κ2) is 20.9. The van der Waals surface area contributed by atoms with Crippen molar-refractivity contribution in [3.8, 4) is 34.9 Å². The zero-order valence-corrected chi connectivity index (χ0v) is 37.1. The van der Waals surface area contributed by atoms with Crippen LogP contribution in [0.3, 0.4) is 0 Å². The number of carbonyl (C=O) groups excluding carboxylic acids is 3. The smallest absolute Gasteiger partial charge is 0.379 e. The van der Waals surface area contributed by atoms with Gasteiger partial charge in [-0.15, -0.1) is 0 Å². The van der Waals surface area contributed by atoms with Gasteiger partial charge in [0.15, 0.2) is 0 Å². The number of pyridine rings is 4. The monoisotopic (exact) mass is 980 g/mol. The van der Waals surface area contributed by atoms with E-state index >= 15 is 0 Å². The highest BCUT2D eigenvalue weighted by atomic mass is 79.9. The number of hydrogen-bond acceptors (Lipinski definition) is 15. The molecule has 0 atom stereocenters. The molecular formula is C40H38Br2N8O12. The average molecular weight is 983 g/mol. The molecule has 0 saturated heterocycles. The second-order valence-electron chi connectivity index (χ2n) is 12.0. The van der Waals surface area contributed by atoms with Crippen LogP contribution in [0.25, 0.3) is 43.6 Å². The van der Waals surface area contributed by atoms with Crippen LogP contribution in [0.2, 0.25) is 0 Å². The van der Waals surface area contributed by atoms with Crippen molar-refractivity contribution in [1.29, 1.82) is 0 Å². The Morgan fingerprint density at radius 3 is 1.52 bits per heavy atom. The molecule has 0 amide bonds. The Labute approximate surface area is 367 Å². The molecule has 20 nitrogen and oxygen atoms in total. The van der Waals surface area contributed by atoms with Crippen LogP contribution < -0.4 is 28.4 Å². The zero-order valence-electron chi connectivity index (χ0n) is 34.0. The SMILES string of the molecule is Brc1cnc(Br)c2[nH]ccc12.CCOC(=O)C(=O)c1c[nH]c2c(OC)ncc(OC)c12.COc1cnc(OC)c2[nH]ccc12.COc1ncc(OC)c2c(C(=O)C(=O)O)c[nH]c12. The lowest BCUT2D eigenvalue weighted by Crippen LogP contribution is -2.17. The lowest BCUT2D eigenvalue weighted by atomic mass is 10.1.